The summed E-state index contributed by atoms with van der Waals surface area (Å²) in [6.07, 6.45) is 11.7. The van der Waals surface area contributed by atoms with Crippen LogP contribution in [-0.2, 0) is 47.2 Å². The molecular weight excluding hydrogens is 491 g/mol. The van der Waals surface area contributed by atoms with E-state index in [0.717, 1.165) is 88.2 Å². The molecule has 36 heavy (non-hydrogen) atoms. The maximum Gasteiger partial charge on any atom is 0.604 e. The lowest BCUT2D eigenvalue weighted by molar-refractivity contribution is 0.305. The largest absolute Gasteiger partial charge is 0.604 e. The lowest BCUT2D eigenvalue weighted by atomic mass is 9.91. The number of halogens is 1. The van der Waals surface area contributed by atoms with Gasteiger partial charge >= 0.3 is 7.82 Å². The highest BCUT2D eigenvalue weighted by Gasteiger charge is 2.34. The van der Waals surface area contributed by atoms with Gasteiger partial charge in [0.15, 0.2) is 0 Å². The Balaban J connectivity index is 2.53. The van der Waals surface area contributed by atoms with Gasteiger partial charge in [0.05, 0.1) is 11.9 Å². The molecule has 0 saturated heterocycles. The Morgan fingerprint density at radius 2 is 0.889 bits per heavy atom. The van der Waals surface area contributed by atoms with Crippen LogP contribution in [0.1, 0.15) is 113 Å². The predicted octanol–water partition coefficient (Wildman–Crippen LogP) is 10.1. The van der Waals surface area contributed by atoms with Crippen LogP contribution in [0.25, 0.3) is 0 Å². The number of phosphoric ester groups is 1. The highest BCUT2D eigenvalue weighted by molar-refractivity contribution is 7.50. The highest BCUT2D eigenvalue weighted by atomic mass is 35.5. The van der Waals surface area contributed by atoms with Crippen molar-refractivity contribution in [1.82, 2.24) is 0 Å². The second-order valence-electron chi connectivity index (χ2n) is 9.56. The minimum Gasteiger partial charge on any atom is -0.394 e. The van der Waals surface area contributed by atoms with E-state index in [2.05, 4.69) is 53.7 Å². The van der Waals surface area contributed by atoms with Crippen molar-refractivity contribution >= 4 is 19.7 Å². The zero-order chi connectivity index (χ0) is 26.6. The maximum absolute atomic E-state index is 13.8. The van der Waals surface area contributed by atoms with Gasteiger partial charge in [0.25, 0.3) is 0 Å². The van der Waals surface area contributed by atoms with Gasteiger partial charge in [0, 0.05) is 0 Å². The van der Waals surface area contributed by atoms with Crippen LogP contribution in [0.15, 0.2) is 24.3 Å². The lowest BCUT2D eigenvalue weighted by Gasteiger charge is -2.23. The first-order chi connectivity index (χ1) is 17.4. The molecule has 0 amide bonds. The van der Waals surface area contributed by atoms with Gasteiger partial charge in [-0.3, -0.25) is 0 Å². The van der Waals surface area contributed by atoms with E-state index in [-0.39, 0.29) is 0 Å². The number of aryl methyl sites for hydroxylation is 2. The van der Waals surface area contributed by atoms with E-state index in [9.17, 15) is 4.57 Å². The zero-order valence-electron chi connectivity index (χ0n) is 23.3. The number of hydrogen-bond donors (Lipinski definition) is 0. The molecular formula is C30H46ClO4P. The highest BCUT2D eigenvalue weighted by Crippen LogP contribution is 2.53. The average Bonchev–Trinajstić information content (AvgIpc) is 2.86. The molecule has 0 spiro atoms. The quantitative estimate of drug-likeness (QED) is 0.189. The van der Waals surface area contributed by atoms with Crippen molar-refractivity contribution in [2.45, 2.75) is 119 Å². The molecule has 0 saturated carbocycles. The third-order valence-electron chi connectivity index (χ3n) is 6.51. The molecule has 2 rings (SSSR count). The van der Waals surface area contributed by atoms with Crippen molar-refractivity contribution < 1.29 is 17.7 Å². The van der Waals surface area contributed by atoms with Crippen LogP contribution in [0, 0.1) is 0 Å². The summed E-state index contributed by atoms with van der Waals surface area (Å²) in [5, 5.41) is 0. The van der Waals surface area contributed by atoms with Crippen molar-refractivity contribution in [1.29, 1.82) is 0 Å². The molecule has 0 aliphatic carbocycles. The van der Waals surface area contributed by atoms with Gasteiger partial charge in [0.2, 0.25) is 0 Å². The van der Waals surface area contributed by atoms with Crippen LogP contribution in [0.5, 0.6) is 11.5 Å². The van der Waals surface area contributed by atoms with Crippen molar-refractivity contribution in [3.05, 3.63) is 57.6 Å². The summed E-state index contributed by atoms with van der Waals surface area (Å²) in [6.45, 7) is 13.0. The van der Waals surface area contributed by atoms with Gasteiger partial charge in [-0.2, -0.15) is 4.08 Å². The summed E-state index contributed by atoms with van der Waals surface area (Å²) >= 11 is 5.82. The van der Waals surface area contributed by atoms with Crippen LogP contribution >= 0.6 is 19.7 Å². The topological polar surface area (TPSA) is 44.8 Å². The molecule has 0 aromatic heterocycles. The summed E-state index contributed by atoms with van der Waals surface area (Å²) in [5.74, 6) is 1.08. The van der Waals surface area contributed by atoms with Crippen LogP contribution in [0.2, 0.25) is 0 Å². The second-order valence-corrected chi connectivity index (χ2v) is 11.4. The van der Waals surface area contributed by atoms with Gasteiger partial charge < -0.3 is 9.05 Å². The van der Waals surface area contributed by atoms with Crippen LogP contribution in [0.3, 0.4) is 0 Å². The molecule has 4 nitrogen and oxygen atoms in total. The minimum atomic E-state index is -4.12. The Bertz CT molecular complexity index is 929. The van der Waals surface area contributed by atoms with Crippen LogP contribution in [-0.4, -0.2) is 0 Å². The molecule has 6 heteroatoms. The first-order valence-corrected chi connectivity index (χ1v) is 15.7. The molecule has 0 aliphatic heterocycles. The fraction of sp³-hybridized carbons (Fsp3) is 0.600. The Morgan fingerprint density at radius 3 is 1.19 bits per heavy atom. The third-order valence-corrected chi connectivity index (χ3v) is 8.03. The summed E-state index contributed by atoms with van der Waals surface area (Å²) < 4.78 is 30.8. The minimum absolute atomic E-state index is 0.539. The number of hydrogen-bond acceptors (Lipinski definition) is 4. The normalized spacial score (nSPS) is 11.6. The molecule has 202 valence electrons. The predicted molar refractivity (Wildman–Crippen MR) is 153 cm³/mol. The molecule has 2 aromatic carbocycles. The summed E-state index contributed by atoms with van der Waals surface area (Å²) in [5.41, 5.74) is 7.42. The average molecular weight is 537 g/mol. The van der Waals surface area contributed by atoms with Crippen molar-refractivity contribution in [2.24, 2.45) is 0 Å². The molecule has 0 fully saturated rings. The van der Waals surface area contributed by atoms with Gasteiger partial charge in [-0.15, -0.1) is 0 Å². The van der Waals surface area contributed by atoms with Gasteiger partial charge in [-0.1, -0.05) is 92.2 Å². The summed E-state index contributed by atoms with van der Waals surface area (Å²) in [6, 6.07) is 7.98. The zero-order valence-corrected chi connectivity index (χ0v) is 24.9. The summed E-state index contributed by atoms with van der Waals surface area (Å²) in [7, 11) is -4.12. The SMILES string of the molecule is CCCc1ccc(OP(=O)(OCl)Oc2ccc(CCC)c(CCC)c2CCC)c(CCC)c1CCC. The Hall–Kier alpha value is -1.48. The molecule has 0 heterocycles. The molecule has 2 aromatic rings. The fourth-order valence-corrected chi connectivity index (χ4v) is 6.16. The summed E-state index contributed by atoms with van der Waals surface area (Å²) in [4.78, 5) is 0. The molecule has 0 radical (unpaired) electrons. The second kappa shape index (κ2) is 15.7. The van der Waals surface area contributed by atoms with E-state index in [4.69, 9.17) is 25.0 Å². The van der Waals surface area contributed by atoms with Crippen LogP contribution < -0.4 is 9.05 Å². The Morgan fingerprint density at radius 1 is 0.556 bits per heavy atom. The molecule has 0 aliphatic rings. The molecule has 0 atom stereocenters. The van der Waals surface area contributed by atoms with E-state index in [1.54, 1.807) is 0 Å². The third kappa shape index (κ3) is 8.01. The molecule has 0 unspecified atom stereocenters. The van der Waals surface area contributed by atoms with Crippen molar-refractivity contribution in [3.8, 4) is 11.5 Å². The molecule has 0 bridgehead atoms. The number of rotatable bonds is 17. The number of benzene rings is 2. The Kier molecular flexibility index (Phi) is 13.4. The number of phosphoric acid groups is 1. The maximum atomic E-state index is 13.8. The molecule has 0 N–H and O–H groups in total. The van der Waals surface area contributed by atoms with Crippen molar-refractivity contribution in [2.75, 3.05) is 0 Å². The van der Waals surface area contributed by atoms with Gasteiger partial charge in [0.1, 0.15) is 11.5 Å². The smallest absolute Gasteiger partial charge is 0.394 e. The van der Waals surface area contributed by atoms with Gasteiger partial charge in [-0.05, 0) is 84.0 Å². The lowest BCUT2D eigenvalue weighted by Crippen LogP contribution is -2.09. The standard InChI is InChI=1S/C30H46ClO4P/c1-7-13-23-19-21-29(27(17-11-5)25(23)15-9-3)33-36(32,35-31)34-30-22-20-24(14-8-2)26(16-10-4)28(30)18-12-6/h19-22H,7-18H2,1-6H3. The van der Waals surface area contributed by atoms with E-state index in [1.807, 2.05) is 12.1 Å². The first kappa shape index (κ1) is 30.7. The monoisotopic (exact) mass is 536 g/mol. The van der Waals surface area contributed by atoms with E-state index in [0.29, 0.717) is 11.5 Å². The van der Waals surface area contributed by atoms with Crippen molar-refractivity contribution in [3.63, 3.8) is 0 Å². The van der Waals surface area contributed by atoms with Crippen LogP contribution in [0.4, 0.5) is 0 Å². The van der Waals surface area contributed by atoms with E-state index in [1.165, 1.54) is 22.3 Å². The van der Waals surface area contributed by atoms with E-state index >= 15 is 0 Å². The Labute approximate surface area is 224 Å². The fourth-order valence-electron chi connectivity index (χ4n) is 5.08. The van der Waals surface area contributed by atoms with Gasteiger partial charge in [-0.25, -0.2) is 4.57 Å². The van der Waals surface area contributed by atoms with E-state index < -0.39 is 7.82 Å². The first-order valence-electron chi connectivity index (χ1n) is 14.0.